The standard InChI is InChI=1S/C19H21N3O6S/c1-13(23)27-17-9-19(24)22(12-17)11-14-3-8-18(20-10-14)28-16-6-4-15(5-7-16)21-29(2,25)26/h3-8,10,17,21H,9,11-12H2,1-2H3. The van der Waals surface area contributed by atoms with Gasteiger partial charge in [-0.2, -0.15) is 0 Å². The van der Waals surface area contributed by atoms with Crippen molar-refractivity contribution in [2.24, 2.45) is 0 Å². The van der Waals surface area contributed by atoms with Gasteiger partial charge in [-0.05, 0) is 29.8 Å². The van der Waals surface area contributed by atoms with Crippen molar-refractivity contribution >= 4 is 27.6 Å². The summed E-state index contributed by atoms with van der Waals surface area (Å²) in [6.07, 6.45) is 2.48. The van der Waals surface area contributed by atoms with E-state index < -0.39 is 22.1 Å². The first-order chi connectivity index (χ1) is 13.7. The lowest BCUT2D eigenvalue weighted by Gasteiger charge is -2.16. The molecule has 0 radical (unpaired) electrons. The van der Waals surface area contributed by atoms with Gasteiger partial charge in [0.1, 0.15) is 11.9 Å². The number of benzene rings is 1. The second-order valence-electron chi connectivity index (χ2n) is 6.72. The minimum Gasteiger partial charge on any atom is -0.460 e. The number of ether oxygens (including phenoxy) is 2. The molecule has 2 heterocycles. The Labute approximate surface area is 168 Å². The molecule has 1 atom stereocenters. The number of esters is 1. The van der Waals surface area contributed by atoms with E-state index in [0.717, 1.165) is 11.8 Å². The normalized spacial score (nSPS) is 16.6. The zero-order valence-corrected chi connectivity index (χ0v) is 16.8. The third kappa shape index (κ3) is 6.18. The average Bonchev–Trinajstić information content (AvgIpc) is 2.95. The highest BCUT2D eigenvalue weighted by molar-refractivity contribution is 7.92. The van der Waals surface area contributed by atoms with Crippen LogP contribution in [0.3, 0.4) is 0 Å². The van der Waals surface area contributed by atoms with Crippen LogP contribution in [0.4, 0.5) is 5.69 Å². The van der Waals surface area contributed by atoms with Crippen LogP contribution in [0.1, 0.15) is 18.9 Å². The molecule has 0 saturated carbocycles. The topological polar surface area (TPSA) is 115 Å². The Morgan fingerprint density at radius 2 is 1.97 bits per heavy atom. The zero-order valence-electron chi connectivity index (χ0n) is 16.0. The number of amides is 1. The third-order valence-electron chi connectivity index (χ3n) is 4.06. The predicted octanol–water partition coefficient (Wildman–Crippen LogP) is 1.91. The lowest BCUT2D eigenvalue weighted by atomic mass is 10.2. The molecule has 10 heteroatoms. The fraction of sp³-hybridized carbons (Fsp3) is 0.316. The Balaban J connectivity index is 1.56. The summed E-state index contributed by atoms with van der Waals surface area (Å²) in [5.41, 5.74) is 1.26. The first-order valence-electron chi connectivity index (χ1n) is 8.83. The van der Waals surface area contributed by atoms with Crippen LogP contribution in [0.2, 0.25) is 0 Å². The monoisotopic (exact) mass is 419 g/mol. The zero-order chi connectivity index (χ0) is 21.0. The molecule has 2 aromatic rings. The minimum atomic E-state index is -3.33. The molecule has 9 nitrogen and oxygen atoms in total. The van der Waals surface area contributed by atoms with Gasteiger partial charge in [-0.1, -0.05) is 6.07 Å². The minimum absolute atomic E-state index is 0.0700. The molecule has 0 bridgehead atoms. The molecule has 29 heavy (non-hydrogen) atoms. The summed E-state index contributed by atoms with van der Waals surface area (Å²) in [6, 6.07) is 9.91. The van der Waals surface area contributed by atoms with Crippen molar-refractivity contribution in [3.05, 3.63) is 48.2 Å². The summed E-state index contributed by atoms with van der Waals surface area (Å²) in [7, 11) is -3.33. The Morgan fingerprint density at radius 1 is 1.24 bits per heavy atom. The molecule has 154 valence electrons. The van der Waals surface area contributed by atoms with E-state index in [9.17, 15) is 18.0 Å². The summed E-state index contributed by atoms with van der Waals surface area (Å²) in [5, 5.41) is 0. The highest BCUT2D eigenvalue weighted by atomic mass is 32.2. The van der Waals surface area contributed by atoms with Crippen LogP contribution >= 0.6 is 0 Å². The van der Waals surface area contributed by atoms with Crippen LogP contribution in [-0.4, -0.2) is 49.1 Å². The van der Waals surface area contributed by atoms with Gasteiger partial charge in [-0.25, -0.2) is 13.4 Å². The van der Waals surface area contributed by atoms with E-state index in [1.54, 1.807) is 47.5 Å². The van der Waals surface area contributed by atoms with Crippen molar-refractivity contribution in [2.75, 3.05) is 17.5 Å². The van der Waals surface area contributed by atoms with Crippen molar-refractivity contribution in [3.8, 4) is 11.6 Å². The van der Waals surface area contributed by atoms with Crippen molar-refractivity contribution in [1.82, 2.24) is 9.88 Å². The number of carbonyl (C=O) groups excluding carboxylic acids is 2. The molecule has 1 N–H and O–H groups in total. The first kappa shape index (κ1) is 20.6. The van der Waals surface area contributed by atoms with Gasteiger partial charge in [0.25, 0.3) is 0 Å². The van der Waals surface area contributed by atoms with Gasteiger partial charge < -0.3 is 14.4 Å². The fourth-order valence-corrected chi connectivity index (χ4v) is 3.48. The molecular formula is C19H21N3O6S. The number of hydrogen-bond acceptors (Lipinski definition) is 7. The lowest BCUT2D eigenvalue weighted by Crippen LogP contribution is -2.26. The number of nitrogens with one attached hydrogen (secondary N) is 1. The Bertz CT molecular complexity index is 990. The van der Waals surface area contributed by atoms with Gasteiger partial charge in [-0.15, -0.1) is 0 Å². The summed E-state index contributed by atoms with van der Waals surface area (Å²) in [6.45, 7) is 2.06. The maximum absolute atomic E-state index is 12.0. The quantitative estimate of drug-likeness (QED) is 0.682. The van der Waals surface area contributed by atoms with E-state index in [4.69, 9.17) is 9.47 Å². The fourth-order valence-electron chi connectivity index (χ4n) is 2.91. The molecule has 0 aliphatic carbocycles. The number of aromatic nitrogens is 1. The van der Waals surface area contributed by atoms with E-state index in [2.05, 4.69) is 9.71 Å². The van der Waals surface area contributed by atoms with Crippen LogP contribution < -0.4 is 9.46 Å². The van der Waals surface area contributed by atoms with Crippen LogP contribution in [0.25, 0.3) is 0 Å². The number of rotatable bonds is 7. The van der Waals surface area contributed by atoms with Crippen molar-refractivity contribution in [3.63, 3.8) is 0 Å². The number of carbonyl (C=O) groups is 2. The molecule has 1 aliphatic rings. The van der Waals surface area contributed by atoms with Gasteiger partial charge in [-0.3, -0.25) is 14.3 Å². The summed E-state index contributed by atoms with van der Waals surface area (Å²) in [4.78, 5) is 28.9. The first-order valence-corrected chi connectivity index (χ1v) is 10.7. The van der Waals surface area contributed by atoms with Crippen LogP contribution in [0.15, 0.2) is 42.6 Å². The molecular weight excluding hydrogens is 398 g/mol. The van der Waals surface area contributed by atoms with Crippen molar-refractivity contribution < 1.29 is 27.5 Å². The average molecular weight is 419 g/mol. The molecule has 1 aromatic heterocycles. The Hall–Kier alpha value is -3.14. The molecule has 1 amide bonds. The van der Waals surface area contributed by atoms with E-state index >= 15 is 0 Å². The Morgan fingerprint density at radius 3 is 2.55 bits per heavy atom. The molecule has 1 aliphatic heterocycles. The van der Waals surface area contributed by atoms with Crippen molar-refractivity contribution in [1.29, 1.82) is 0 Å². The summed E-state index contributed by atoms with van der Waals surface area (Å²) in [5.74, 6) is 0.402. The second-order valence-corrected chi connectivity index (χ2v) is 8.46. The molecule has 0 spiro atoms. The SMILES string of the molecule is CC(=O)OC1CC(=O)N(Cc2ccc(Oc3ccc(NS(C)(=O)=O)cc3)nc2)C1. The number of hydrogen-bond donors (Lipinski definition) is 1. The van der Waals surface area contributed by atoms with E-state index in [0.29, 0.717) is 30.4 Å². The van der Waals surface area contributed by atoms with E-state index in [1.807, 2.05) is 0 Å². The Kier molecular flexibility index (Phi) is 6.02. The maximum atomic E-state index is 12.0. The van der Waals surface area contributed by atoms with E-state index in [-0.39, 0.29) is 12.3 Å². The van der Waals surface area contributed by atoms with Crippen LogP contribution in [0.5, 0.6) is 11.6 Å². The van der Waals surface area contributed by atoms with Crippen LogP contribution in [-0.2, 0) is 30.9 Å². The number of nitrogens with zero attached hydrogens (tertiary/aromatic N) is 2. The van der Waals surface area contributed by atoms with Crippen LogP contribution in [0, 0.1) is 0 Å². The van der Waals surface area contributed by atoms with Gasteiger partial charge in [0, 0.05) is 31.4 Å². The largest absolute Gasteiger partial charge is 0.460 e. The molecule has 3 rings (SSSR count). The lowest BCUT2D eigenvalue weighted by molar-refractivity contribution is -0.145. The van der Waals surface area contributed by atoms with E-state index in [1.165, 1.54) is 6.92 Å². The highest BCUT2D eigenvalue weighted by Crippen LogP contribution is 2.23. The van der Waals surface area contributed by atoms with Gasteiger partial charge in [0.05, 0.1) is 19.2 Å². The van der Waals surface area contributed by atoms with Gasteiger partial charge >= 0.3 is 5.97 Å². The van der Waals surface area contributed by atoms with Gasteiger partial charge in [0.15, 0.2) is 0 Å². The second kappa shape index (κ2) is 8.48. The number of anilines is 1. The number of pyridine rings is 1. The maximum Gasteiger partial charge on any atom is 0.302 e. The highest BCUT2D eigenvalue weighted by Gasteiger charge is 2.31. The molecule has 1 saturated heterocycles. The number of sulfonamides is 1. The smallest absolute Gasteiger partial charge is 0.302 e. The summed E-state index contributed by atoms with van der Waals surface area (Å²) < 4.78 is 35.5. The number of likely N-dealkylation sites (tertiary alicyclic amines) is 1. The summed E-state index contributed by atoms with van der Waals surface area (Å²) >= 11 is 0. The predicted molar refractivity (Wildman–Crippen MR) is 105 cm³/mol. The molecule has 1 fully saturated rings. The molecule has 1 aromatic carbocycles. The third-order valence-corrected chi connectivity index (χ3v) is 4.67. The van der Waals surface area contributed by atoms with Crippen molar-refractivity contribution in [2.45, 2.75) is 26.0 Å². The molecule has 1 unspecified atom stereocenters. The van der Waals surface area contributed by atoms with Gasteiger partial charge in [0.2, 0.25) is 21.8 Å².